The predicted octanol–water partition coefficient (Wildman–Crippen LogP) is -0.449. The molecule has 0 radical (unpaired) electrons. The van der Waals surface area contributed by atoms with E-state index in [1.165, 1.54) is 0 Å². The van der Waals surface area contributed by atoms with Gasteiger partial charge in [0.2, 0.25) is 0 Å². The van der Waals surface area contributed by atoms with Crippen LogP contribution in [-0.2, 0) is 33.2 Å². The normalized spacial score (nSPS) is 21.4. The Bertz CT molecular complexity index is 252. The van der Waals surface area contributed by atoms with Gasteiger partial charge in [0.05, 0.1) is 79.3 Å². The quantitative estimate of drug-likeness (QED) is 0.597. The van der Waals surface area contributed by atoms with Crippen molar-refractivity contribution in [3.05, 3.63) is 0 Å². The van der Waals surface area contributed by atoms with Gasteiger partial charge in [-0.3, -0.25) is 4.79 Å². The fourth-order valence-electron chi connectivity index (χ4n) is 1.48. The van der Waals surface area contributed by atoms with Crippen molar-refractivity contribution in [1.29, 1.82) is 0 Å². The van der Waals surface area contributed by atoms with Crippen molar-refractivity contribution in [1.82, 2.24) is 0 Å². The molecule has 24 heavy (non-hydrogen) atoms. The largest absolute Gasteiger partial charge is 0.481 e. The summed E-state index contributed by atoms with van der Waals surface area (Å²) in [4.78, 5) is 9.00. The van der Waals surface area contributed by atoms with Crippen molar-refractivity contribution in [2.45, 2.75) is 13.0 Å². The summed E-state index contributed by atoms with van der Waals surface area (Å²) in [6.45, 7) is 6.67. The molecule has 144 valence electrons. The van der Waals surface area contributed by atoms with Gasteiger partial charge in [0, 0.05) is 6.92 Å². The summed E-state index contributed by atoms with van der Waals surface area (Å²) in [5.41, 5.74) is 0. The van der Waals surface area contributed by atoms with Gasteiger partial charge in [-0.25, -0.2) is 0 Å². The molecule has 0 aromatic carbocycles. The Morgan fingerprint density at radius 1 is 0.667 bits per heavy atom. The maximum Gasteiger partial charge on any atom is 0.300 e. The Kier molecular flexibility index (Phi) is 17.9. The second-order valence-electron chi connectivity index (χ2n) is 4.77. The molecule has 0 saturated carbocycles. The first-order valence-corrected chi connectivity index (χ1v) is 7.97. The van der Waals surface area contributed by atoms with E-state index in [4.69, 9.17) is 38.3 Å². The molecule has 1 heterocycles. The van der Waals surface area contributed by atoms with Crippen LogP contribution in [0.3, 0.4) is 0 Å². The molecule has 1 rings (SSSR count). The van der Waals surface area contributed by atoms with E-state index in [9.17, 15) is 5.11 Å². The first kappa shape index (κ1) is 23.2. The zero-order valence-electron chi connectivity index (χ0n) is 14.3. The van der Waals surface area contributed by atoms with E-state index in [0.29, 0.717) is 66.1 Å². The van der Waals surface area contributed by atoms with Gasteiger partial charge in [-0.15, -0.1) is 0 Å². The van der Waals surface area contributed by atoms with Crippen LogP contribution in [-0.4, -0.2) is 102 Å². The molecule has 0 aromatic heterocycles. The van der Waals surface area contributed by atoms with Crippen LogP contribution < -0.4 is 0 Å². The standard InChI is InChI=1S/C13H26O7.C2H4O2/c14-13-11-19-9-7-17-5-3-15-1-2-16-4-6-18-8-10-20-12-13;1-2(3)4/h13-14H,1-12H2;1H3,(H,3,4). The van der Waals surface area contributed by atoms with E-state index in [2.05, 4.69) is 0 Å². The number of carboxylic acids is 1. The second-order valence-corrected chi connectivity index (χ2v) is 4.77. The van der Waals surface area contributed by atoms with Gasteiger partial charge < -0.3 is 38.6 Å². The molecule has 9 nitrogen and oxygen atoms in total. The number of aliphatic hydroxyl groups is 1. The fraction of sp³-hybridized carbons (Fsp3) is 0.933. The van der Waals surface area contributed by atoms with Crippen LogP contribution in [0.15, 0.2) is 0 Å². The van der Waals surface area contributed by atoms with Crippen molar-refractivity contribution in [3.63, 3.8) is 0 Å². The molecule has 0 spiro atoms. The SMILES string of the molecule is CC(=O)O.OC1COCCOCCOCCOCCOCCOC1. The first-order chi connectivity index (χ1) is 11.6. The highest BCUT2D eigenvalue weighted by Crippen LogP contribution is 1.90. The molecule has 0 atom stereocenters. The summed E-state index contributed by atoms with van der Waals surface area (Å²) >= 11 is 0. The Labute approximate surface area is 142 Å². The van der Waals surface area contributed by atoms with Gasteiger partial charge in [0.25, 0.3) is 5.97 Å². The minimum Gasteiger partial charge on any atom is -0.481 e. The zero-order chi connectivity index (χ0) is 17.9. The van der Waals surface area contributed by atoms with E-state index in [1.54, 1.807) is 0 Å². The summed E-state index contributed by atoms with van der Waals surface area (Å²) in [5.74, 6) is -0.833. The van der Waals surface area contributed by atoms with Crippen LogP contribution in [0, 0.1) is 0 Å². The molecule has 0 amide bonds. The summed E-state index contributed by atoms with van der Waals surface area (Å²) in [6, 6.07) is 0. The van der Waals surface area contributed by atoms with Gasteiger partial charge >= 0.3 is 0 Å². The number of aliphatic carboxylic acids is 1. The Balaban J connectivity index is 0.00000118. The first-order valence-electron chi connectivity index (χ1n) is 7.97. The molecule has 0 unspecified atom stereocenters. The van der Waals surface area contributed by atoms with Crippen LogP contribution >= 0.6 is 0 Å². The second kappa shape index (κ2) is 18.5. The molecule has 0 aromatic rings. The minimum absolute atomic E-state index is 0.245. The number of ether oxygens (including phenoxy) is 6. The molecule has 9 heteroatoms. The lowest BCUT2D eigenvalue weighted by Gasteiger charge is -2.12. The lowest BCUT2D eigenvalue weighted by molar-refractivity contribution is -0.134. The third-order valence-electron chi connectivity index (χ3n) is 2.48. The maximum absolute atomic E-state index is 9.57. The summed E-state index contributed by atoms with van der Waals surface area (Å²) in [7, 11) is 0. The molecular weight excluding hydrogens is 324 g/mol. The van der Waals surface area contributed by atoms with Gasteiger partial charge in [-0.2, -0.15) is 0 Å². The molecular formula is C15H30O9. The lowest BCUT2D eigenvalue weighted by Crippen LogP contribution is -2.24. The smallest absolute Gasteiger partial charge is 0.300 e. The van der Waals surface area contributed by atoms with E-state index < -0.39 is 12.1 Å². The fourth-order valence-corrected chi connectivity index (χ4v) is 1.48. The van der Waals surface area contributed by atoms with Crippen LogP contribution in [0.2, 0.25) is 0 Å². The molecule has 0 aliphatic carbocycles. The summed E-state index contributed by atoms with van der Waals surface area (Å²) in [5, 5.41) is 17.0. The van der Waals surface area contributed by atoms with E-state index in [-0.39, 0.29) is 13.2 Å². The van der Waals surface area contributed by atoms with E-state index in [1.807, 2.05) is 0 Å². The number of hydrogen-bond donors (Lipinski definition) is 2. The summed E-state index contributed by atoms with van der Waals surface area (Å²) < 4.78 is 31.8. The van der Waals surface area contributed by atoms with E-state index >= 15 is 0 Å². The van der Waals surface area contributed by atoms with Crippen LogP contribution in [0.5, 0.6) is 0 Å². The highest BCUT2D eigenvalue weighted by Gasteiger charge is 2.04. The van der Waals surface area contributed by atoms with Gasteiger partial charge in [0.1, 0.15) is 6.10 Å². The van der Waals surface area contributed by atoms with Crippen molar-refractivity contribution >= 4 is 5.97 Å². The van der Waals surface area contributed by atoms with Crippen molar-refractivity contribution in [2.75, 3.05) is 79.3 Å². The lowest BCUT2D eigenvalue weighted by atomic mass is 10.4. The summed E-state index contributed by atoms with van der Waals surface area (Å²) in [6.07, 6.45) is -0.622. The van der Waals surface area contributed by atoms with Crippen molar-refractivity contribution in [3.8, 4) is 0 Å². The van der Waals surface area contributed by atoms with Crippen molar-refractivity contribution in [2.24, 2.45) is 0 Å². The minimum atomic E-state index is -0.833. The number of rotatable bonds is 0. The molecule has 1 aliphatic heterocycles. The topological polar surface area (TPSA) is 113 Å². The molecule has 0 bridgehead atoms. The van der Waals surface area contributed by atoms with Crippen LogP contribution in [0.1, 0.15) is 6.92 Å². The highest BCUT2D eigenvalue weighted by atomic mass is 16.6. The average molecular weight is 354 g/mol. The van der Waals surface area contributed by atoms with Gasteiger partial charge in [0.15, 0.2) is 0 Å². The average Bonchev–Trinajstić information content (AvgIpc) is 2.52. The highest BCUT2D eigenvalue weighted by molar-refractivity contribution is 5.62. The van der Waals surface area contributed by atoms with Crippen LogP contribution in [0.25, 0.3) is 0 Å². The van der Waals surface area contributed by atoms with E-state index in [0.717, 1.165) is 6.92 Å². The van der Waals surface area contributed by atoms with Gasteiger partial charge in [-0.05, 0) is 0 Å². The number of carboxylic acid groups (broad SMARTS) is 1. The molecule has 1 aliphatic rings. The van der Waals surface area contributed by atoms with Gasteiger partial charge in [-0.1, -0.05) is 0 Å². The number of carbonyl (C=O) groups is 1. The zero-order valence-corrected chi connectivity index (χ0v) is 14.3. The third kappa shape index (κ3) is 21.2. The number of aliphatic hydroxyl groups excluding tert-OH is 1. The van der Waals surface area contributed by atoms with Crippen LogP contribution in [0.4, 0.5) is 0 Å². The maximum atomic E-state index is 9.57. The Morgan fingerprint density at radius 3 is 1.12 bits per heavy atom. The monoisotopic (exact) mass is 354 g/mol. The Morgan fingerprint density at radius 2 is 0.875 bits per heavy atom. The third-order valence-corrected chi connectivity index (χ3v) is 2.48. The van der Waals surface area contributed by atoms with Crippen molar-refractivity contribution < 1.29 is 43.4 Å². The Hall–Kier alpha value is -0.810. The predicted molar refractivity (Wildman–Crippen MR) is 84.2 cm³/mol. The number of hydrogen-bond acceptors (Lipinski definition) is 8. The molecule has 1 saturated heterocycles. The molecule has 2 N–H and O–H groups in total. The molecule has 1 fully saturated rings.